The summed E-state index contributed by atoms with van der Waals surface area (Å²) in [5, 5.41) is 4.81. The fourth-order valence-corrected chi connectivity index (χ4v) is 7.26. The molecule has 0 aromatic rings. The maximum Gasteiger partial charge on any atom is 0.0614 e. The summed E-state index contributed by atoms with van der Waals surface area (Å²) in [5.41, 5.74) is 9.78. The normalized spacial score (nSPS) is 40.2. The molecule has 4 aliphatic rings. The van der Waals surface area contributed by atoms with Crippen LogP contribution in [0.25, 0.3) is 0 Å². The Balaban J connectivity index is 2.08. The molecule has 0 aromatic carbocycles. The highest BCUT2D eigenvalue weighted by atomic mass is 32.2. The molecule has 0 aromatic heterocycles. The third-order valence-electron chi connectivity index (χ3n) is 5.42. The van der Waals surface area contributed by atoms with Crippen molar-refractivity contribution in [3.05, 3.63) is 44.3 Å². The topological polar surface area (TPSA) is 0 Å². The van der Waals surface area contributed by atoms with Gasteiger partial charge in [-0.1, -0.05) is 0 Å². The minimum Gasteiger partial charge on any atom is -0.121 e. The highest BCUT2D eigenvalue weighted by Crippen LogP contribution is 2.68. The fraction of sp³-hybridized carbons (Fsp3) is 0.529. The Kier molecular flexibility index (Phi) is 2.38. The summed E-state index contributed by atoms with van der Waals surface area (Å²) in [6.45, 7) is 9.57. The third-order valence-corrected chi connectivity index (χ3v) is 8.66. The van der Waals surface area contributed by atoms with Gasteiger partial charge in [-0.2, -0.15) is 0 Å². The molecule has 1 saturated carbocycles. The molecule has 0 bridgehead atoms. The molecule has 2 heteroatoms. The zero-order valence-corrected chi connectivity index (χ0v) is 13.7. The van der Waals surface area contributed by atoms with Crippen LogP contribution in [0, 0.1) is 0 Å². The third kappa shape index (κ3) is 1.26. The molecule has 0 radical (unpaired) electrons. The van der Waals surface area contributed by atoms with E-state index in [4.69, 9.17) is 0 Å². The van der Waals surface area contributed by atoms with Gasteiger partial charge >= 0.3 is 0 Å². The summed E-state index contributed by atoms with van der Waals surface area (Å²) < 4.78 is 0.461. The molecule has 0 spiro atoms. The lowest BCUT2D eigenvalue weighted by molar-refractivity contribution is 0.598. The molecule has 2 atom stereocenters. The lowest BCUT2D eigenvalue weighted by Crippen LogP contribution is -2.47. The van der Waals surface area contributed by atoms with Gasteiger partial charge in [0.15, 0.2) is 0 Å². The van der Waals surface area contributed by atoms with Crippen LogP contribution in [0.5, 0.6) is 0 Å². The van der Waals surface area contributed by atoms with Crippen molar-refractivity contribution in [1.82, 2.24) is 0 Å². The monoisotopic (exact) mass is 288 g/mol. The summed E-state index contributed by atoms with van der Waals surface area (Å²) >= 11 is 4.11. The Labute approximate surface area is 124 Å². The van der Waals surface area contributed by atoms with Crippen LogP contribution in [-0.2, 0) is 0 Å². The number of hydrogen-bond acceptors (Lipinski definition) is 2. The van der Waals surface area contributed by atoms with Crippen LogP contribution < -0.4 is 0 Å². The second-order valence-corrected chi connectivity index (χ2v) is 9.04. The van der Waals surface area contributed by atoms with E-state index in [1.807, 2.05) is 0 Å². The summed E-state index contributed by atoms with van der Waals surface area (Å²) in [4.78, 5) is 0. The quantitative estimate of drug-likeness (QED) is 0.569. The minimum absolute atomic E-state index is 0.231. The van der Waals surface area contributed by atoms with Gasteiger partial charge in [-0.3, -0.25) is 0 Å². The van der Waals surface area contributed by atoms with Crippen LogP contribution in [0.15, 0.2) is 44.3 Å². The van der Waals surface area contributed by atoms with Crippen molar-refractivity contribution in [2.45, 2.75) is 56.5 Å². The first-order chi connectivity index (χ1) is 8.99. The molecule has 1 fully saturated rings. The van der Waals surface area contributed by atoms with Gasteiger partial charge in [-0.25, -0.2) is 0 Å². The summed E-state index contributed by atoms with van der Waals surface area (Å²) in [6.07, 6.45) is 3.94. The van der Waals surface area contributed by atoms with Crippen LogP contribution in [0.3, 0.4) is 0 Å². The number of hydrogen-bond donors (Lipinski definition) is 0. The van der Waals surface area contributed by atoms with E-state index in [1.54, 1.807) is 22.3 Å². The van der Waals surface area contributed by atoms with Crippen molar-refractivity contribution in [1.29, 1.82) is 0 Å². The van der Waals surface area contributed by atoms with E-state index in [2.05, 4.69) is 62.0 Å². The van der Waals surface area contributed by atoms with E-state index in [1.165, 1.54) is 30.4 Å². The van der Waals surface area contributed by atoms with Gasteiger partial charge in [-0.15, -0.1) is 23.5 Å². The van der Waals surface area contributed by atoms with Crippen LogP contribution in [0.1, 0.15) is 47.0 Å². The van der Waals surface area contributed by atoms with Crippen LogP contribution in [0.4, 0.5) is 0 Å². The Bertz CT molecular complexity index is 563. The highest BCUT2D eigenvalue weighted by Gasteiger charge is 2.58. The van der Waals surface area contributed by atoms with E-state index in [0.29, 0.717) is 0 Å². The summed E-state index contributed by atoms with van der Waals surface area (Å²) in [5.74, 6) is 0. The SMILES string of the molecule is CC1=CSC2(C)C1=C1CCCC1=C1C(C)=CSC12C. The van der Waals surface area contributed by atoms with Crippen molar-refractivity contribution in [2.75, 3.05) is 0 Å². The van der Waals surface area contributed by atoms with Crippen molar-refractivity contribution < 1.29 is 0 Å². The highest BCUT2D eigenvalue weighted by molar-refractivity contribution is 8.08. The number of thioether (sulfide) groups is 2. The first-order valence-corrected chi connectivity index (χ1v) is 8.92. The smallest absolute Gasteiger partial charge is 0.0614 e. The Hall–Kier alpha value is -0.340. The molecule has 2 unspecified atom stereocenters. The van der Waals surface area contributed by atoms with E-state index in [0.717, 1.165) is 0 Å². The van der Waals surface area contributed by atoms with Crippen molar-refractivity contribution >= 4 is 23.5 Å². The van der Waals surface area contributed by atoms with Gasteiger partial charge in [-0.05, 0) is 91.2 Å². The van der Waals surface area contributed by atoms with Crippen LogP contribution >= 0.6 is 23.5 Å². The molecule has 0 saturated heterocycles. The molecule has 0 N–H and O–H groups in total. The number of fused-ring (bicyclic) bond motifs is 4. The Morgan fingerprint density at radius 1 is 0.842 bits per heavy atom. The molecule has 2 aliphatic carbocycles. The molecule has 2 heterocycles. The predicted octanol–water partition coefficient (Wildman–Crippen LogP) is 5.60. The maximum atomic E-state index is 2.47. The van der Waals surface area contributed by atoms with Crippen LogP contribution in [0.2, 0.25) is 0 Å². The first-order valence-electron chi connectivity index (χ1n) is 7.16. The molecule has 0 nitrogen and oxygen atoms in total. The molecule has 100 valence electrons. The number of allylic oxidation sites excluding steroid dienone is 4. The molecule has 19 heavy (non-hydrogen) atoms. The average Bonchev–Trinajstić information content (AvgIpc) is 3.00. The van der Waals surface area contributed by atoms with E-state index >= 15 is 0 Å². The second kappa shape index (κ2) is 3.65. The van der Waals surface area contributed by atoms with Crippen molar-refractivity contribution in [2.24, 2.45) is 0 Å². The van der Waals surface area contributed by atoms with Crippen molar-refractivity contribution in [3.8, 4) is 0 Å². The van der Waals surface area contributed by atoms with Crippen molar-refractivity contribution in [3.63, 3.8) is 0 Å². The Morgan fingerprint density at radius 2 is 1.26 bits per heavy atom. The van der Waals surface area contributed by atoms with Gasteiger partial charge in [0.2, 0.25) is 0 Å². The molecular formula is C17H20S2. The molecule has 0 amide bonds. The van der Waals surface area contributed by atoms with E-state index in [-0.39, 0.29) is 9.49 Å². The van der Waals surface area contributed by atoms with E-state index in [9.17, 15) is 0 Å². The second-order valence-electron chi connectivity index (χ2n) is 6.46. The molecular weight excluding hydrogens is 268 g/mol. The molecule has 4 rings (SSSR count). The van der Waals surface area contributed by atoms with Gasteiger partial charge < -0.3 is 0 Å². The standard InChI is InChI=1S/C17H20S2/c1-10-8-18-16(3)14(10)12-6-5-7-13(12)15-11(2)9-19-17(15,16)4/h8-9H,5-7H2,1-4H3. The Morgan fingerprint density at radius 3 is 1.68 bits per heavy atom. The first kappa shape index (κ1) is 12.4. The predicted molar refractivity (Wildman–Crippen MR) is 87.4 cm³/mol. The van der Waals surface area contributed by atoms with Gasteiger partial charge in [0, 0.05) is 0 Å². The van der Waals surface area contributed by atoms with E-state index < -0.39 is 0 Å². The zero-order chi connectivity index (χ0) is 13.4. The molecule has 2 aliphatic heterocycles. The van der Waals surface area contributed by atoms with Gasteiger partial charge in [0.1, 0.15) is 0 Å². The largest absolute Gasteiger partial charge is 0.121 e. The van der Waals surface area contributed by atoms with Gasteiger partial charge in [0.25, 0.3) is 0 Å². The average molecular weight is 288 g/mol. The lowest BCUT2D eigenvalue weighted by atomic mass is 9.69. The number of rotatable bonds is 0. The fourth-order valence-electron chi connectivity index (χ4n) is 4.45. The summed E-state index contributed by atoms with van der Waals surface area (Å²) in [7, 11) is 0. The lowest BCUT2D eigenvalue weighted by Gasteiger charge is -2.47. The zero-order valence-electron chi connectivity index (χ0n) is 12.1. The maximum absolute atomic E-state index is 2.47. The minimum atomic E-state index is 0.231. The summed E-state index contributed by atoms with van der Waals surface area (Å²) in [6, 6.07) is 0. The van der Waals surface area contributed by atoms with Crippen LogP contribution in [-0.4, -0.2) is 9.49 Å². The van der Waals surface area contributed by atoms with Gasteiger partial charge in [0.05, 0.1) is 9.49 Å².